The van der Waals surface area contributed by atoms with Crippen molar-refractivity contribution < 1.29 is 13.9 Å². The van der Waals surface area contributed by atoms with E-state index >= 15 is 0 Å². The molecule has 0 aliphatic carbocycles. The van der Waals surface area contributed by atoms with E-state index in [4.69, 9.17) is 4.74 Å². The molecular weight excluding hydrogens is 325 g/mol. The molecule has 3 rings (SSSR count). The second-order valence-corrected chi connectivity index (χ2v) is 6.38. The maximum absolute atomic E-state index is 13.1. The molecule has 5 heteroatoms. The van der Waals surface area contributed by atoms with Crippen molar-refractivity contribution in [3.63, 3.8) is 0 Å². The molecule has 0 atom stereocenters. The first kappa shape index (κ1) is 16.6. The Morgan fingerprint density at radius 3 is 2.67 bits per heavy atom. The third-order valence-corrected chi connectivity index (χ3v) is 4.69. The molecule has 3 aromatic rings. The van der Waals surface area contributed by atoms with Crippen LogP contribution in [0.4, 0.5) is 4.39 Å². The lowest BCUT2D eigenvalue weighted by molar-refractivity contribution is -0.139. The van der Waals surface area contributed by atoms with Crippen LogP contribution in [0.15, 0.2) is 59.6 Å². The molecule has 0 amide bonds. The number of esters is 1. The molecule has 3 nitrogen and oxygen atoms in total. The summed E-state index contributed by atoms with van der Waals surface area (Å²) in [6, 6.07) is 14.6. The maximum atomic E-state index is 13.1. The summed E-state index contributed by atoms with van der Waals surface area (Å²) in [4.78, 5) is 12.6. The first-order valence-corrected chi connectivity index (χ1v) is 8.76. The van der Waals surface area contributed by atoms with Crippen LogP contribution in [0.5, 0.6) is 0 Å². The second kappa shape index (κ2) is 7.53. The Bertz CT molecular complexity index is 842. The first-order valence-electron chi connectivity index (χ1n) is 7.78. The van der Waals surface area contributed by atoms with Gasteiger partial charge in [0.25, 0.3) is 0 Å². The molecule has 0 spiro atoms. The topological polar surface area (TPSA) is 31.2 Å². The highest BCUT2D eigenvalue weighted by atomic mass is 32.2. The maximum Gasteiger partial charge on any atom is 0.316 e. The van der Waals surface area contributed by atoms with Crippen molar-refractivity contribution >= 4 is 28.6 Å². The molecule has 0 unspecified atom stereocenters. The SMILES string of the molecule is CCOC(=O)CSc1cn(Cc2ccc(F)cc2)c2ccccc12. The molecule has 124 valence electrons. The van der Waals surface area contributed by atoms with E-state index in [2.05, 4.69) is 4.57 Å². The van der Waals surface area contributed by atoms with Gasteiger partial charge in [-0.15, -0.1) is 11.8 Å². The third kappa shape index (κ3) is 3.79. The van der Waals surface area contributed by atoms with Gasteiger partial charge in [-0.2, -0.15) is 0 Å². The number of para-hydroxylation sites is 1. The first-order chi connectivity index (χ1) is 11.7. The van der Waals surface area contributed by atoms with Gasteiger partial charge >= 0.3 is 5.97 Å². The predicted molar refractivity (Wildman–Crippen MR) is 94.8 cm³/mol. The lowest BCUT2D eigenvalue weighted by Crippen LogP contribution is -2.06. The number of rotatable bonds is 6. The Morgan fingerprint density at radius 2 is 1.92 bits per heavy atom. The van der Waals surface area contributed by atoms with Crippen molar-refractivity contribution in [3.05, 3.63) is 66.1 Å². The van der Waals surface area contributed by atoms with Crippen LogP contribution in [0, 0.1) is 5.82 Å². The van der Waals surface area contributed by atoms with Crippen LogP contribution < -0.4 is 0 Å². The molecule has 2 aromatic carbocycles. The molecular formula is C19H18FNO2S. The van der Waals surface area contributed by atoms with Gasteiger partial charge in [-0.3, -0.25) is 4.79 Å². The monoisotopic (exact) mass is 343 g/mol. The zero-order chi connectivity index (χ0) is 16.9. The summed E-state index contributed by atoms with van der Waals surface area (Å²) in [5.41, 5.74) is 2.12. The van der Waals surface area contributed by atoms with Crippen molar-refractivity contribution in [1.82, 2.24) is 4.57 Å². The third-order valence-electron chi connectivity index (χ3n) is 3.67. The fourth-order valence-corrected chi connectivity index (χ4v) is 3.47. The molecule has 0 radical (unpaired) electrons. The molecule has 0 aliphatic rings. The van der Waals surface area contributed by atoms with Gasteiger partial charge in [0.1, 0.15) is 5.82 Å². The average Bonchev–Trinajstić information content (AvgIpc) is 2.93. The van der Waals surface area contributed by atoms with Gasteiger partial charge in [0.05, 0.1) is 12.4 Å². The molecule has 0 saturated heterocycles. The van der Waals surface area contributed by atoms with Crippen molar-refractivity contribution in [1.29, 1.82) is 0 Å². The summed E-state index contributed by atoms with van der Waals surface area (Å²) in [6.07, 6.45) is 2.04. The highest BCUT2D eigenvalue weighted by Gasteiger charge is 2.11. The Balaban J connectivity index is 1.85. The number of fused-ring (bicyclic) bond motifs is 1. The minimum absolute atomic E-state index is 0.210. The Kier molecular flexibility index (Phi) is 5.20. The molecule has 1 aromatic heterocycles. The van der Waals surface area contributed by atoms with Crippen LogP contribution in [0.25, 0.3) is 10.9 Å². The Morgan fingerprint density at radius 1 is 1.17 bits per heavy atom. The van der Waals surface area contributed by atoms with Gasteiger partial charge in [-0.05, 0) is 30.7 Å². The summed E-state index contributed by atoms with van der Waals surface area (Å²) in [7, 11) is 0. The molecule has 0 N–H and O–H groups in total. The van der Waals surface area contributed by atoms with Gasteiger partial charge in [0.15, 0.2) is 0 Å². The molecule has 24 heavy (non-hydrogen) atoms. The van der Waals surface area contributed by atoms with E-state index in [1.54, 1.807) is 19.1 Å². The molecule has 0 saturated carbocycles. The van der Waals surface area contributed by atoms with Crippen molar-refractivity contribution in [2.75, 3.05) is 12.4 Å². The summed E-state index contributed by atoms with van der Waals surface area (Å²) < 4.78 is 20.2. The number of carbonyl (C=O) groups is 1. The van der Waals surface area contributed by atoms with E-state index in [1.165, 1.54) is 23.9 Å². The van der Waals surface area contributed by atoms with Crippen LogP contribution in [-0.2, 0) is 16.1 Å². The summed E-state index contributed by atoms with van der Waals surface area (Å²) in [6.45, 7) is 2.85. The number of ether oxygens (including phenoxy) is 1. The normalized spacial score (nSPS) is 10.9. The lowest BCUT2D eigenvalue weighted by atomic mass is 10.2. The minimum Gasteiger partial charge on any atom is -0.465 e. The number of carbonyl (C=O) groups excluding carboxylic acids is 1. The largest absolute Gasteiger partial charge is 0.465 e. The summed E-state index contributed by atoms with van der Waals surface area (Å²) in [5.74, 6) is -0.155. The van der Waals surface area contributed by atoms with Crippen LogP contribution in [0.3, 0.4) is 0 Å². The molecule has 0 aliphatic heterocycles. The molecule has 0 fully saturated rings. The van der Waals surface area contributed by atoms with Gasteiger partial charge < -0.3 is 9.30 Å². The number of nitrogens with zero attached hydrogens (tertiary/aromatic N) is 1. The molecule has 1 heterocycles. The van der Waals surface area contributed by atoms with E-state index in [0.717, 1.165) is 21.4 Å². The summed E-state index contributed by atoms with van der Waals surface area (Å²) in [5, 5.41) is 1.11. The number of aromatic nitrogens is 1. The highest BCUT2D eigenvalue weighted by molar-refractivity contribution is 8.00. The number of hydrogen-bond acceptors (Lipinski definition) is 3. The van der Waals surface area contributed by atoms with Crippen LogP contribution in [-0.4, -0.2) is 22.9 Å². The smallest absolute Gasteiger partial charge is 0.316 e. The van der Waals surface area contributed by atoms with E-state index < -0.39 is 0 Å². The minimum atomic E-state index is -0.234. The van der Waals surface area contributed by atoms with Crippen molar-refractivity contribution in [3.8, 4) is 0 Å². The number of hydrogen-bond donors (Lipinski definition) is 0. The van der Waals surface area contributed by atoms with Crippen LogP contribution >= 0.6 is 11.8 Å². The zero-order valence-electron chi connectivity index (χ0n) is 13.4. The number of benzene rings is 2. The van der Waals surface area contributed by atoms with E-state index in [9.17, 15) is 9.18 Å². The van der Waals surface area contributed by atoms with Crippen molar-refractivity contribution in [2.24, 2.45) is 0 Å². The fraction of sp³-hybridized carbons (Fsp3) is 0.211. The number of thioether (sulfide) groups is 1. The quantitative estimate of drug-likeness (QED) is 0.488. The van der Waals surface area contributed by atoms with Crippen molar-refractivity contribution in [2.45, 2.75) is 18.4 Å². The fourth-order valence-electron chi connectivity index (χ4n) is 2.58. The highest BCUT2D eigenvalue weighted by Crippen LogP contribution is 2.30. The Hall–Kier alpha value is -2.27. The van der Waals surface area contributed by atoms with Crippen LogP contribution in [0.2, 0.25) is 0 Å². The van der Waals surface area contributed by atoms with E-state index in [0.29, 0.717) is 18.9 Å². The van der Waals surface area contributed by atoms with Gasteiger partial charge in [0.2, 0.25) is 0 Å². The molecule has 0 bridgehead atoms. The zero-order valence-corrected chi connectivity index (χ0v) is 14.2. The second-order valence-electron chi connectivity index (χ2n) is 5.36. The van der Waals surface area contributed by atoms with Gasteiger partial charge in [-0.25, -0.2) is 4.39 Å². The van der Waals surface area contributed by atoms with Gasteiger partial charge in [-0.1, -0.05) is 30.3 Å². The predicted octanol–water partition coefficient (Wildman–Crippen LogP) is 4.48. The van der Waals surface area contributed by atoms with Gasteiger partial charge in [0, 0.05) is 28.5 Å². The van der Waals surface area contributed by atoms with E-state index in [-0.39, 0.29) is 11.8 Å². The average molecular weight is 343 g/mol. The summed E-state index contributed by atoms with van der Waals surface area (Å²) >= 11 is 1.48. The van der Waals surface area contributed by atoms with Crippen LogP contribution in [0.1, 0.15) is 12.5 Å². The lowest BCUT2D eigenvalue weighted by Gasteiger charge is -2.05. The number of halogens is 1. The standard InChI is InChI=1S/C19H18FNO2S/c1-2-23-19(22)13-24-18-12-21(17-6-4-3-5-16(17)18)11-14-7-9-15(20)10-8-14/h3-10,12H,2,11,13H2,1H3. The Labute approximate surface area is 144 Å². The van der Waals surface area contributed by atoms with E-state index in [1.807, 2.05) is 30.5 Å².